The molecule has 4 aromatic rings. The van der Waals surface area contributed by atoms with E-state index in [9.17, 15) is 27.6 Å². The van der Waals surface area contributed by atoms with Gasteiger partial charge >= 0.3 is 18.2 Å². The van der Waals surface area contributed by atoms with Gasteiger partial charge in [-0.05, 0) is 37.6 Å². The molecule has 3 aromatic heterocycles. The van der Waals surface area contributed by atoms with Gasteiger partial charge in [0.05, 0.1) is 18.7 Å². The van der Waals surface area contributed by atoms with Gasteiger partial charge in [0.1, 0.15) is 16.4 Å². The number of nitrogens with zero attached hydrogens (tertiary/aromatic N) is 3. The highest BCUT2D eigenvalue weighted by Gasteiger charge is 2.34. The molecule has 0 aliphatic carbocycles. The summed E-state index contributed by atoms with van der Waals surface area (Å²) >= 11 is 0.796. The zero-order valence-electron chi connectivity index (χ0n) is 22.3. The molecule has 41 heavy (non-hydrogen) atoms. The van der Waals surface area contributed by atoms with E-state index in [-0.39, 0.29) is 35.0 Å². The molecule has 4 rings (SSSR count). The van der Waals surface area contributed by atoms with Crippen molar-refractivity contribution in [2.75, 3.05) is 32.2 Å². The number of hydrogen-bond acceptors (Lipinski definition) is 8. The number of urea groups is 1. The fraction of sp³-hybridized carbons (Fsp3) is 0.296. The topological polar surface area (TPSA) is 124 Å². The van der Waals surface area contributed by atoms with Crippen LogP contribution in [0.15, 0.2) is 46.8 Å². The first-order valence-electron chi connectivity index (χ1n) is 12.5. The minimum Gasteiger partial charge on any atom is -0.462 e. The maximum atomic E-state index is 13.4. The number of ether oxygens (including phenoxy) is 2. The van der Waals surface area contributed by atoms with Crippen molar-refractivity contribution in [3.63, 3.8) is 0 Å². The Morgan fingerprint density at radius 3 is 2.59 bits per heavy atom. The number of pyridine rings is 2. The van der Waals surface area contributed by atoms with Crippen LogP contribution in [0.5, 0.6) is 0 Å². The van der Waals surface area contributed by atoms with Crippen molar-refractivity contribution in [1.82, 2.24) is 19.9 Å². The molecule has 2 amide bonds. The molecule has 0 aliphatic rings. The number of alkyl halides is 3. The number of aromatic nitrogens is 3. The number of carbonyl (C=O) groups excluding carboxylic acids is 2. The van der Waals surface area contributed by atoms with Gasteiger partial charge in [0.25, 0.3) is 0 Å². The highest BCUT2D eigenvalue weighted by molar-refractivity contribution is 7.13. The van der Waals surface area contributed by atoms with E-state index in [0.29, 0.717) is 35.3 Å². The van der Waals surface area contributed by atoms with Crippen molar-refractivity contribution in [3.05, 3.63) is 63.5 Å². The van der Waals surface area contributed by atoms with Crippen molar-refractivity contribution < 1.29 is 32.2 Å². The molecular weight excluding hydrogens is 563 g/mol. The van der Waals surface area contributed by atoms with E-state index in [0.717, 1.165) is 16.7 Å². The molecule has 14 heteroatoms. The number of fused-ring (bicyclic) bond motifs is 1. The fourth-order valence-corrected chi connectivity index (χ4v) is 4.92. The van der Waals surface area contributed by atoms with Gasteiger partial charge in [0.2, 0.25) is 5.43 Å². The zero-order chi connectivity index (χ0) is 29.7. The van der Waals surface area contributed by atoms with Gasteiger partial charge in [-0.2, -0.15) is 13.2 Å². The number of esters is 1. The first-order chi connectivity index (χ1) is 19.6. The minimum atomic E-state index is -4.64. The second kappa shape index (κ2) is 12.5. The lowest BCUT2D eigenvalue weighted by Crippen LogP contribution is -2.28. The monoisotopic (exact) mass is 589 g/mol. The summed E-state index contributed by atoms with van der Waals surface area (Å²) in [5.74, 6) is -0.643. The third-order valence-electron chi connectivity index (χ3n) is 5.93. The van der Waals surface area contributed by atoms with Crippen LogP contribution in [0.1, 0.15) is 29.9 Å². The molecule has 0 fully saturated rings. The first-order valence-corrected chi connectivity index (χ1v) is 13.4. The molecule has 0 aliphatic heterocycles. The van der Waals surface area contributed by atoms with E-state index in [1.54, 1.807) is 30.5 Å². The Kier molecular flexibility index (Phi) is 9.03. The van der Waals surface area contributed by atoms with Crippen LogP contribution in [-0.4, -0.2) is 53.4 Å². The van der Waals surface area contributed by atoms with Crippen LogP contribution >= 0.6 is 11.3 Å². The van der Waals surface area contributed by atoms with E-state index >= 15 is 0 Å². The number of carbonyl (C=O) groups is 2. The van der Waals surface area contributed by atoms with Crippen molar-refractivity contribution >= 4 is 40.1 Å². The maximum absolute atomic E-state index is 13.4. The second-order valence-electron chi connectivity index (χ2n) is 8.65. The molecule has 10 nitrogen and oxygen atoms in total. The van der Waals surface area contributed by atoms with E-state index < -0.39 is 29.3 Å². The van der Waals surface area contributed by atoms with Crippen molar-refractivity contribution in [2.45, 2.75) is 26.6 Å². The maximum Gasteiger partial charge on any atom is 0.434 e. The van der Waals surface area contributed by atoms with Crippen LogP contribution in [0.2, 0.25) is 0 Å². The number of hydrogen-bond donors (Lipinski definition) is 2. The van der Waals surface area contributed by atoms with E-state index in [4.69, 9.17) is 9.47 Å². The quantitative estimate of drug-likeness (QED) is 0.258. The Balaban J connectivity index is 1.90. The summed E-state index contributed by atoms with van der Waals surface area (Å²) < 4.78 is 52.0. The second-order valence-corrected chi connectivity index (χ2v) is 9.50. The molecule has 0 radical (unpaired) electrons. The van der Waals surface area contributed by atoms with Gasteiger partial charge in [-0.15, -0.1) is 11.3 Å². The summed E-state index contributed by atoms with van der Waals surface area (Å²) in [6.45, 7) is 4.40. The number of halogens is 3. The predicted octanol–water partition coefficient (Wildman–Crippen LogP) is 5.17. The molecule has 3 heterocycles. The summed E-state index contributed by atoms with van der Waals surface area (Å²) in [7, 11) is 1.51. The van der Waals surface area contributed by atoms with Crippen LogP contribution in [0, 0.1) is 0 Å². The Bertz CT molecular complexity index is 1650. The number of nitrogens with one attached hydrogen (secondary N) is 2. The SMILES string of the molecule is CCNC(=O)Nc1cc(-c2nc(C(F)(F)F)cs2)c(-c2ccc3c(=O)c(C(=O)OCC)cn(CCOC)c3c2)cn1. The Morgan fingerprint density at radius 1 is 1.15 bits per heavy atom. The third kappa shape index (κ3) is 6.55. The summed E-state index contributed by atoms with van der Waals surface area (Å²) in [5, 5.41) is 6.34. The van der Waals surface area contributed by atoms with E-state index in [1.165, 1.54) is 31.6 Å². The van der Waals surface area contributed by atoms with Crippen molar-refractivity contribution in [1.29, 1.82) is 0 Å². The number of rotatable bonds is 9. The summed E-state index contributed by atoms with van der Waals surface area (Å²) in [4.78, 5) is 45.8. The van der Waals surface area contributed by atoms with Crippen LogP contribution in [0.25, 0.3) is 32.6 Å². The summed E-state index contributed by atoms with van der Waals surface area (Å²) in [6.07, 6.45) is -1.82. The lowest BCUT2D eigenvalue weighted by atomic mass is 9.99. The molecule has 0 bridgehead atoms. The standard InChI is InChI=1S/C27H26F3N5O5S/c1-4-31-26(38)34-22-11-17(24-33-21(14-41-24)27(28,29)30)18(12-32-22)15-6-7-16-20(10-15)35(8-9-39-3)13-19(23(16)36)25(37)40-5-2/h6-7,10-14H,4-5,8-9H2,1-3H3,(H2,31,32,34,38). The Morgan fingerprint density at radius 2 is 1.93 bits per heavy atom. The number of methoxy groups -OCH3 is 1. The Hall–Kier alpha value is -4.30. The molecule has 0 unspecified atom stereocenters. The van der Waals surface area contributed by atoms with Gasteiger partial charge in [-0.3, -0.25) is 10.1 Å². The van der Waals surface area contributed by atoms with Crippen molar-refractivity contribution in [2.24, 2.45) is 0 Å². The highest BCUT2D eigenvalue weighted by Crippen LogP contribution is 2.39. The zero-order valence-corrected chi connectivity index (χ0v) is 23.1. The highest BCUT2D eigenvalue weighted by atomic mass is 32.1. The number of amides is 2. The van der Waals surface area contributed by atoms with Gasteiger partial charge in [0.15, 0.2) is 5.69 Å². The van der Waals surface area contributed by atoms with E-state index in [2.05, 4.69) is 20.6 Å². The smallest absolute Gasteiger partial charge is 0.434 e. The third-order valence-corrected chi connectivity index (χ3v) is 6.81. The first kappa shape index (κ1) is 29.7. The van der Waals surface area contributed by atoms with Gasteiger partial charge < -0.3 is 19.4 Å². The van der Waals surface area contributed by atoms with Crippen LogP contribution in [0.3, 0.4) is 0 Å². The molecule has 0 saturated heterocycles. The lowest BCUT2D eigenvalue weighted by Gasteiger charge is -2.15. The van der Waals surface area contributed by atoms with E-state index in [1.807, 2.05) is 0 Å². The van der Waals surface area contributed by atoms with Crippen molar-refractivity contribution in [3.8, 4) is 21.7 Å². The molecule has 0 atom stereocenters. The van der Waals surface area contributed by atoms with Gasteiger partial charge in [-0.1, -0.05) is 6.07 Å². The molecular formula is C27H26F3N5O5S. The predicted molar refractivity (Wildman–Crippen MR) is 148 cm³/mol. The normalized spacial score (nSPS) is 11.5. The molecule has 216 valence electrons. The number of benzene rings is 1. The average molecular weight is 590 g/mol. The fourth-order valence-electron chi connectivity index (χ4n) is 4.07. The van der Waals surface area contributed by atoms with Crippen LogP contribution in [0.4, 0.5) is 23.8 Å². The Labute approximate surface area is 236 Å². The molecule has 2 N–H and O–H groups in total. The number of anilines is 1. The van der Waals surface area contributed by atoms with Gasteiger partial charge in [0, 0.05) is 54.5 Å². The lowest BCUT2D eigenvalue weighted by molar-refractivity contribution is -0.140. The minimum absolute atomic E-state index is 0.0585. The number of thiazole rings is 1. The summed E-state index contributed by atoms with van der Waals surface area (Å²) in [6, 6.07) is 5.73. The van der Waals surface area contributed by atoms with Crippen LogP contribution in [-0.2, 0) is 22.2 Å². The largest absolute Gasteiger partial charge is 0.462 e. The van der Waals surface area contributed by atoms with Crippen LogP contribution < -0.4 is 16.1 Å². The van der Waals surface area contributed by atoms with Gasteiger partial charge in [-0.25, -0.2) is 19.6 Å². The molecule has 1 aromatic carbocycles. The molecule has 0 spiro atoms. The summed E-state index contributed by atoms with van der Waals surface area (Å²) in [5.41, 5.74) is -0.0119. The average Bonchev–Trinajstić information content (AvgIpc) is 3.44. The molecule has 0 saturated carbocycles.